The van der Waals surface area contributed by atoms with E-state index < -0.39 is 5.97 Å². The lowest BCUT2D eigenvalue weighted by Crippen LogP contribution is -2.09. The lowest BCUT2D eigenvalue weighted by Gasteiger charge is -2.07. The van der Waals surface area contributed by atoms with Gasteiger partial charge in [0, 0.05) is 23.3 Å². The molecule has 5 heteroatoms. The fourth-order valence-electron chi connectivity index (χ4n) is 2.90. The molecule has 0 saturated heterocycles. The summed E-state index contributed by atoms with van der Waals surface area (Å²) < 4.78 is 0. The van der Waals surface area contributed by atoms with E-state index in [1.54, 1.807) is 18.2 Å². The molecular formula is C23H17ClO3S. The number of carboxylic acid groups (broad SMARTS) is 1. The fourth-order valence-corrected chi connectivity index (χ4v) is 3.39. The van der Waals surface area contributed by atoms with E-state index in [1.165, 1.54) is 12.1 Å². The molecule has 0 aliphatic heterocycles. The first kappa shape index (κ1) is 19.9. The number of ketones is 1. The molecule has 0 fully saturated rings. The first-order valence-electron chi connectivity index (χ1n) is 8.66. The van der Waals surface area contributed by atoms with Gasteiger partial charge in [-0.2, -0.15) is 0 Å². The molecule has 0 aromatic heterocycles. The molecule has 0 heterocycles. The number of carbonyl (C=O) groups is 2. The van der Waals surface area contributed by atoms with E-state index >= 15 is 0 Å². The molecule has 0 bridgehead atoms. The van der Waals surface area contributed by atoms with Gasteiger partial charge in [0.25, 0.3) is 0 Å². The number of hydrogen-bond donors (Lipinski definition) is 1. The molecule has 3 aromatic carbocycles. The van der Waals surface area contributed by atoms with Crippen LogP contribution in [-0.4, -0.2) is 21.7 Å². The van der Waals surface area contributed by atoms with E-state index in [1.807, 2.05) is 42.5 Å². The topological polar surface area (TPSA) is 54.4 Å². The van der Waals surface area contributed by atoms with Crippen LogP contribution in [0.25, 0.3) is 11.1 Å². The summed E-state index contributed by atoms with van der Waals surface area (Å²) in [6.07, 6.45) is 0.478. The summed E-state index contributed by atoms with van der Waals surface area (Å²) >= 11 is 11.2. The van der Waals surface area contributed by atoms with Crippen molar-refractivity contribution in [1.82, 2.24) is 0 Å². The number of carbonyl (C=O) groups excluding carboxylic acids is 1. The Bertz CT molecular complexity index is 1030. The second kappa shape index (κ2) is 8.91. The molecule has 0 radical (unpaired) electrons. The third kappa shape index (κ3) is 4.91. The van der Waals surface area contributed by atoms with Crippen molar-refractivity contribution in [2.24, 2.45) is 0 Å². The molecule has 140 valence electrons. The normalized spacial score (nSPS) is 10.5. The number of thiocarbonyl (C=S) groups is 1. The lowest BCUT2D eigenvalue weighted by atomic mass is 9.99. The van der Waals surface area contributed by atoms with Crippen LogP contribution in [0.2, 0.25) is 5.02 Å². The zero-order valence-corrected chi connectivity index (χ0v) is 16.5. The summed E-state index contributed by atoms with van der Waals surface area (Å²) in [5.74, 6) is -1.15. The minimum atomic E-state index is -1.09. The Morgan fingerprint density at radius 2 is 1.54 bits per heavy atom. The lowest BCUT2D eigenvalue weighted by molar-refractivity contribution is 0.0696. The number of carboxylic acids is 1. The molecule has 3 aromatic rings. The van der Waals surface area contributed by atoms with Gasteiger partial charge in [0.15, 0.2) is 5.78 Å². The summed E-state index contributed by atoms with van der Waals surface area (Å²) in [5.41, 5.74) is 3.49. The summed E-state index contributed by atoms with van der Waals surface area (Å²) in [6, 6.07) is 22.1. The molecule has 1 N–H and O–H groups in total. The van der Waals surface area contributed by atoms with Gasteiger partial charge in [-0.05, 0) is 28.8 Å². The van der Waals surface area contributed by atoms with E-state index in [9.17, 15) is 9.59 Å². The first-order valence-corrected chi connectivity index (χ1v) is 9.45. The van der Waals surface area contributed by atoms with Crippen LogP contribution in [-0.2, 0) is 6.42 Å². The van der Waals surface area contributed by atoms with Gasteiger partial charge in [0.1, 0.15) is 0 Å². The minimum Gasteiger partial charge on any atom is -0.478 e. The number of aromatic carboxylic acids is 1. The summed E-state index contributed by atoms with van der Waals surface area (Å²) in [7, 11) is 0. The van der Waals surface area contributed by atoms with Crippen LogP contribution in [0.4, 0.5) is 0 Å². The van der Waals surface area contributed by atoms with Gasteiger partial charge in [-0.15, -0.1) is 0 Å². The zero-order valence-electron chi connectivity index (χ0n) is 14.9. The number of benzene rings is 3. The third-order valence-electron chi connectivity index (χ3n) is 4.33. The highest BCUT2D eigenvalue weighted by Gasteiger charge is 2.13. The molecule has 3 rings (SSSR count). The third-order valence-corrected chi connectivity index (χ3v) is 4.95. The van der Waals surface area contributed by atoms with Gasteiger partial charge in [-0.1, -0.05) is 84.5 Å². The van der Waals surface area contributed by atoms with Crippen molar-refractivity contribution in [3.8, 4) is 11.1 Å². The number of rotatable bonds is 7. The van der Waals surface area contributed by atoms with Crippen molar-refractivity contribution in [3.05, 3.63) is 94.5 Å². The quantitative estimate of drug-likeness (QED) is 0.391. The summed E-state index contributed by atoms with van der Waals surface area (Å²) in [5, 5.41) is 9.33. The standard InChI is InChI=1S/C23H17ClO3S/c24-21-11-6-15(13-20(21)23(26)27)12-19(28)14-22(25)18-9-7-17(8-10-18)16-4-2-1-3-5-16/h1-11,13H,12,14H2,(H,26,27). The molecule has 28 heavy (non-hydrogen) atoms. The Kier molecular flexibility index (Phi) is 6.34. The average Bonchev–Trinajstić information content (AvgIpc) is 2.70. The van der Waals surface area contributed by atoms with E-state index in [0.717, 1.165) is 16.7 Å². The zero-order chi connectivity index (χ0) is 20.1. The van der Waals surface area contributed by atoms with Gasteiger partial charge in [0.05, 0.1) is 10.6 Å². The highest BCUT2D eigenvalue weighted by molar-refractivity contribution is 7.80. The van der Waals surface area contributed by atoms with Gasteiger partial charge in [0.2, 0.25) is 0 Å². The van der Waals surface area contributed by atoms with Crippen molar-refractivity contribution in [3.63, 3.8) is 0 Å². The Morgan fingerprint density at radius 1 is 0.893 bits per heavy atom. The van der Waals surface area contributed by atoms with E-state index in [0.29, 0.717) is 16.8 Å². The fraction of sp³-hybridized carbons (Fsp3) is 0.0870. The van der Waals surface area contributed by atoms with Crippen molar-refractivity contribution in [1.29, 1.82) is 0 Å². The Balaban J connectivity index is 1.65. The molecule has 0 aliphatic carbocycles. The first-order chi connectivity index (χ1) is 13.4. The van der Waals surface area contributed by atoms with Crippen LogP contribution in [0, 0.1) is 0 Å². The maximum absolute atomic E-state index is 12.5. The van der Waals surface area contributed by atoms with Crippen LogP contribution >= 0.6 is 23.8 Å². The van der Waals surface area contributed by atoms with Gasteiger partial charge in [-0.3, -0.25) is 4.79 Å². The van der Waals surface area contributed by atoms with Crippen LogP contribution in [0.1, 0.15) is 32.7 Å². The van der Waals surface area contributed by atoms with Crippen molar-refractivity contribution in [2.45, 2.75) is 12.8 Å². The van der Waals surface area contributed by atoms with E-state index in [4.69, 9.17) is 28.9 Å². The molecule has 0 atom stereocenters. The highest BCUT2D eigenvalue weighted by Crippen LogP contribution is 2.21. The monoisotopic (exact) mass is 408 g/mol. The van der Waals surface area contributed by atoms with Crippen LogP contribution in [0.5, 0.6) is 0 Å². The van der Waals surface area contributed by atoms with Gasteiger partial charge in [-0.25, -0.2) is 4.79 Å². The summed E-state index contributed by atoms with van der Waals surface area (Å²) in [6.45, 7) is 0. The molecule has 0 aliphatic rings. The van der Waals surface area contributed by atoms with Gasteiger partial charge >= 0.3 is 5.97 Å². The van der Waals surface area contributed by atoms with Crippen molar-refractivity contribution >= 4 is 40.4 Å². The SMILES string of the molecule is O=C(CC(=S)Cc1ccc(Cl)c(C(=O)O)c1)c1ccc(-c2ccccc2)cc1. The number of hydrogen-bond acceptors (Lipinski definition) is 3. The smallest absolute Gasteiger partial charge is 0.337 e. The molecule has 3 nitrogen and oxygen atoms in total. The number of Topliss-reactive ketones (excluding diaryl/α,β-unsaturated/α-hetero) is 1. The van der Waals surface area contributed by atoms with Crippen molar-refractivity contribution < 1.29 is 14.7 Å². The highest BCUT2D eigenvalue weighted by atomic mass is 35.5. The second-order valence-electron chi connectivity index (χ2n) is 6.38. The van der Waals surface area contributed by atoms with E-state index in [-0.39, 0.29) is 22.8 Å². The van der Waals surface area contributed by atoms with E-state index in [2.05, 4.69) is 0 Å². The predicted octanol–water partition coefficient (Wildman–Crippen LogP) is 5.89. The molecular weight excluding hydrogens is 392 g/mol. The maximum Gasteiger partial charge on any atom is 0.337 e. The largest absolute Gasteiger partial charge is 0.478 e. The minimum absolute atomic E-state index is 0.0322. The average molecular weight is 409 g/mol. The van der Waals surface area contributed by atoms with Gasteiger partial charge < -0.3 is 5.11 Å². The maximum atomic E-state index is 12.5. The van der Waals surface area contributed by atoms with Crippen LogP contribution in [0.15, 0.2) is 72.8 Å². The van der Waals surface area contributed by atoms with Crippen LogP contribution < -0.4 is 0 Å². The Morgan fingerprint density at radius 3 is 2.18 bits per heavy atom. The second-order valence-corrected chi connectivity index (χ2v) is 7.36. The molecule has 0 saturated carbocycles. The molecule has 0 unspecified atom stereocenters. The predicted molar refractivity (Wildman–Crippen MR) is 116 cm³/mol. The molecule has 0 spiro atoms. The Hall–Kier alpha value is -2.82. The van der Waals surface area contributed by atoms with Crippen molar-refractivity contribution in [2.75, 3.05) is 0 Å². The van der Waals surface area contributed by atoms with Crippen LogP contribution in [0.3, 0.4) is 0 Å². The number of halogens is 1. The Labute approximate surface area is 173 Å². The molecule has 0 amide bonds. The summed E-state index contributed by atoms with van der Waals surface area (Å²) in [4.78, 5) is 24.3.